The van der Waals surface area contributed by atoms with Crippen LogP contribution in [-0.2, 0) is 27.4 Å². The average molecular weight is 652 g/mol. The van der Waals surface area contributed by atoms with Gasteiger partial charge in [-0.3, -0.25) is 14.5 Å². The largest absolute Gasteiger partial charge is 0.416 e. The lowest BCUT2D eigenvalue weighted by atomic mass is 9.95. The van der Waals surface area contributed by atoms with E-state index >= 15 is 0 Å². The van der Waals surface area contributed by atoms with Crippen molar-refractivity contribution in [3.8, 4) is 0 Å². The van der Waals surface area contributed by atoms with Crippen LogP contribution in [-0.4, -0.2) is 83.1 Å². The lowest BCUT2D eigenvalue weighted by molar-refractivity contribution is -0.138. The molecule has 1 saturated heterocycles. The van der Waals surface area contributed by atoms with Gasteiger partial charge < -0.3 is 15.1 Å². The molecule has 2 aromatic carbocycles. The Balaban J connectivity index is 1.90. The third-order valence-corrected chi connectivity index (χ3v) is 9.51. The molecule has 1 aliphatic rings. The summed E-state index contributed by atoms with van der Waals surface area (Å²) in [5, 5.41) is 2.77. The standard InChI is InChI=1S/C28H35Cl2F3N4O4S/c1-5-42(40,41)25-9-8-20(29)15-24(25)36(4)27(39)19-13-22(28(31,32)33)21(23(30)14-19)17-37-11-6-7-18(16-37)26(38)34-10-12-35(2)3/h8-9,13-15,18H,5-7,10-12,16-17H2,1-4H3,(H,34,38)/t18-/m0/s1. The van der Waals surface area contributed by atoms with Crippen molar-refractivity contribution >= 4 is 50.5 Å². The number of likely N-dealkylation sites (N-methyl/N-ethyl adjacent to an activating group) is 1. The number of piperidine rings is 1. The Hall–Kier alpha value is -2.38. The zero-order chi connectivity index (χ0) is 31.4. The van der Waals surface area contributed by atoms with E-state index in [2.05, 4.69) is 5.32 Å². The second-order valence-corrected chi connectivity index (χ2v) is 13.6. The highest BCUT2D eigenvalue weighted by molar-refractivity contribution is 7.91. The Kier molecular flexibility index (Phi) is 11.3. The van der Waals surface area contributed by atoms with Gasteiger partial charge in [0.15, 0.2) is 9.84 Å². The Morgan fingerprint density at radius 2 is 1.81 bits per heavy atom. The van der Waals surface area contributed by atoms with Gasteiger partial charge in [0, 0.05) is 48.8 Å². The first-order chi connectivity index (χ1) is 19.5. The molecule has 1 heterocycles. The van der Waals surface area contributed by atoms with E-state index in [1.54, 1.807) is 4.90 Å². The molecule has 1 aliphatic heterocycles. The topological polar surface area (TPSA) is 90.0 Å². The number of alkyl halides is 3. The van der Waals surface area contributed by atoms with Crippen molar-refractivity contribution in [1.82, 2.24) is 15.1 Å². The van der Waals surface area contributed by atoms with Crippen LogP contribution in [0.1, 0.15) is 41.3 Å². The summed E-state index contributed by atoms with van der Waals surface area (Å²) in [6.07, 6.45) is -3.57. The Bertz CT molecular complexity index is 1420. The molecule has 0 radical (unpaired) electrons. The summed E-state index contributed by atoms with van der Waals surface area (Å²) >= 11 is 12.5. The van der Waals surface area contributed by atoms with Crippen LogP contribution in [0.15, 0.2) is 35.2 Å². The fourth-order valence-electron chi connectivity index (χ4n) is 4.83. The molecular formula is C28H35Cl2F3N4O4S. The predicted octanol–water partition coefficient (Wildman–Crippen LogP) is 4.97. The van der Waals surface area contributed by atoms with E-state index in [1.807, 2.05) is 19.0 Å². The molecule has 0 saturated carbocycles. The van der Waals surface area contributed by atoms with Gasteiger partial charge in [-0.15, -0.1) is 0 Å². The van der Waals surface area contributed by atoms with Gasteiger partial charge in [-0.2, -0.15) is 13.2 Å². The molecule has 14 heteroatoms. The van der Waals surface area contributed by atoms with Gasteiger partial charge in [-0.05, 0) is 69.4 Å². The fourth-order valence-corrected chi connectivity index (χ4v) is 6.38. The summed E-state index contributed by atoms with van der Waals surface area (Å²) in [6.45, 7) is 3.17. The third-order valence-electron chi connectivity index (χ3n) is 7.17. The van der Waals surface area contributed by atoms with Crippen molar-refractivity contribution in [2.75, 3.05) is 58.0 Å². The van der Waals surface area contributed by atoms with Gasteiger partial charge in [-0.1, -0.05) is 30.1 Å². The molecule has 1 N–H and O–H groups in total. The number of sulfone groups is 1. The summed E-state index contributed by atoms with van der Waals surface area (Å²) < 4.78 is 68.2. The lowest BCUT2D eigenvalue weighted by Crippen LogP contribution is -2.44. The summed E-state index contributed by atoms with van der Waals surface area (Å²) in [5.74, 6) is -1.65. The molecule has 42 heavy (non-hydrogen) atoms. The van der Waals surface area contributed by atoms with Crippen LogP contribution in [0, 0.1) is 5.92 Å². The summed E-state index contributed by atoms with van der Waals surface area (Å²) in [5.41, 5.74) is -1.70. The minimum absolute atomic E-state index is 0.0636. The van der Waals surface area contributed by atoms with Crippen LogP contribution in [0.4, 0.5) is 18.9 Å². The van der Waals surface area contributed by atoms with Crippen molar-refractivity contribution in [1.29, 1.82) is 0 Å². The number of carbonyl (C=O) groups is 2. The first-order valence-corrected chi connectivity index (χ1v) is 15.8. The highest BCUT2D eigenvalue weighted by Gasteiger charge is 2.37. The maximum atomic E-state index is 14.3. The molecule has 0 spiro atoms. The molecule has 8 nitrogen and oxygen atoms in total. The van der Waals surface area contributed by atoms with Gasteiger partial charge in [0.2, 0.25) is 5.91 Å². The summed E-state index contributed by atoms with van der Waals surface area (Å²) in [6, 6.07) is 5.77. The van der Waals surface area contributed by atoms with Crippen molar-refractivity contribution in [3.05, 3.63) is 57.1 Å². The molecule has 0 aromatic heterocycles. The number of nitrogens with one attached hydrogen (secondary N) is 1. The molecular weight excluding hydrogens is 616 g/mol. The maximum Gasteiger partial charge on any atom is 0.416 e. The SMILES string of the molecule is CCS(=O)(=O)c1ccc(Cl)cc1N(C)C(=O)c1cc(Cl)c(CN2CCC[C@H](C(=O)NCCN(C)C)C2)c(C(F)(F)F)c1. The minimum Gasteiger partial charge on any atom is -0.355 e. The average Bonchev–Trinajstić information content (AvgIpc) is 2.92. The van der Waals surface area contributed by atoms with Crippen LogP contribution >= 0.6 is 23.2 Å². The molecule has 2 aromatic rings. The van der Waals surface area contributed by atoms with Crippen LogP contribution < -0.4 is 10.2 Å². The van der Waals surface area contributed by atoms with Crippen molar-refractivity contribution < 1.29 is 31.2 Å². The normalized spacial score (nSPS) is 16.5. The summed E-state index contributed by atoms with van der Waals surface area (Å²) in [7, 11) is 1.25. The minimum atomic E-state index is -4.83. The summed E-state index contributed by atoms with van der Waals surface area (Å²) in [4.78, 5) is 30.5. The highest BCUT2D eigenvalue weighted by atomic mass is 35.5. The number of hydrogen-bond acceptors (Lipinski definition) is 6. The van der Waals surface area contributed by atoms with Gasteiger partial charge in [-0.25, -0.2) is 8.42 Å². The van der Waals surface area contributed by atoms with Crippen LogP contribution in [0.2, 0.25) is 10.0 Å². The number of likely N-dealkylation sites (tertiary alicyclic amines) is 1. The number of nitrogens with zero attached hydrogens (tertiary/aromatic N) is 3. The smallest absolute Gasteiger partial charge is 0.355 e. The molecule has 0 bridgehead atoms. The number of rotatable bonds is 10. The predicted molar refractivity (Wildman–Crippen MR) is 158 cm³/mol. The van der Waals surface area contributed by atoms with Crippen LogP contribution in [0.5, 0.6) is 0 Å². The van der Waals surface area contributed by atoms with Crippen molar-refractivity contribution in [2.24, 2.45) is 5.92 Å². The molecule has 1 atom stereocenters. The maximum absolute atomic E-state index is 14.3. The van der Waals surface area contributed by atoms with E-state index in [4.69, 9.17) is 23.2 Å². The van der Waals surface area contributed by atoms with Crippen molar-refractivity contribution in [3.63, 3.8) is 0 Å². The monoisotopic (exact) mass is 650 g/mol. The Morgan fingerprint density at radius 3 is 2.43 bits per heavy atom. The molecule has 2 amide bonds. The first kappa shape index (κ1) is 34.1. The van der Waals surface area contributed by atoms with Crippen molar-refractivity contribution in [2.45, 2.75) is 37.4 Å². The molecule has 1 fully saturated rings. The molecule has 0 aliphatic carbocycles. The first-order valence-electron chi connectivity index (χ1n) is 13.4. The zero-order valence-electron chi connectivity index (χ0n) is 23.9. The van der Waals surface area contributed by atoms with E-state index in [-0.39, 0.29) is 62.4 Å². The second-order valence-electron chi connectivity index (χ2n) is 10.5. The second kappa shape index (κ2) is 13.9. The van der Waals surface area contributed by atoms with Gasteiger partial charge >= 0.3 is 6.18 Å². The molecule has 232 valence electrons. The quantitative estimate of drug-likeness (QED) is 0.391. The van der Waals surface area contributed by atoms with E-state index in [0.717, 1.165) is 17.0 Å². The zero-order valence-corrected chi connectivity index (χ0v) is 26.2. The number of benzene rings is 2. The number of halogens is 5. The Labute approximate surface area is 254 Å². The van der Waals surface area contributed by atoms with Crippen LogP contribution in [0.3, 0.4) is 0 Å². The lowest BCUT2D eigenvalue weighted by Gasteiger charge is -2.33. The van der Waals surface area contributed by atoms with E-state index in [0.29, 0.717) is 32.5 Å². The number of hydrogen-bond donors (Lipinski definition) is 1. The van der Waals surface area contributed by atoms with E-state index in [9.17, 15) is 31.2 Å². The Morgan fingerprint density at radius 1 is 1.12 bits per heavy atom. The highest BCUT2D eigenvalue weighted by Crippen LogP contribution is 2.38. The van der Waals surface area contributed by atoms with Gasteiger partial charge in [0.05, 0.1) is 27.8 Å². The van der Waals surface area contributed by atoms with Crippen LogP contribution in [0.25, 0.3) is 0 Å². The van der Waals surface area contributed by atoms with E-state index < -0.39 is 27.5 Å². The van der Waals surface area contributed by atoms with E-state index in [1.165, 1.54) is 32.2 Å². The molecule has 3 rings (SSSR count). The number of anilines is 1. The number of carbonyl (C=O) groups excluding carboxylic acids is 2. The molecule has 0 unspecified atom stereocenters. The third kappa shape index (κ3) is 8.37. The fraction of sp³-hybridized carbons (Fsp3) is 0.500. The van der Waals surface area contributed by atoms with Gasteiger partial charge in [0.1, 0.15) is 0 Å². The number of amides is 2. The van der Waals surface area contributed by atoms with Gasteiger partial charge in [0.25, 0.3) is 5.91 Å².